The normalized spacial score (nSPS) is 11.7. The average Bonchev–Trinajstić information content (AvgIpc) is 3.10. The molecule has 0 aliphatic heterocycles. The molecule has 4 rings (SSSR count). The number of furan rings is 1. The molecule has 2 aromatic carbocycles. The Morgan fingerprint density at radius 2 is 1.97 bits per heavy atom. The van der Waals surface area contributed by atoms with Crippen molar-refractivity contribution in [3.63, 3.8) is 0 Å². The molecule has 33 heavy (non-hydrogen) atoms. The standard InChI is InChI=1S/C25H23Br2N3O3/c1-5-32-22-10-15(4)19(12-18(22)14(2)3)24-29-21-9-7-6-8-17(21)25(31)30(24)28-13-16-11-20(26)23(27)33-16/h6-14H,5H2,1-4H3. The van der Waals surface area contributed by atoms with Gasteiger partial charge in [0.25, 0.3) is 5.56 Å². The second-order valence-electron chi connectivity index (χ2n) is 7.88. The fraction of sp³-hybridized carbons (Fsp3) is 0.240. The highest BCUT2D eigenvalue weighted by Gasteiger charge is 2.18. The lowest BCUT2D eigenvalue weighted by molar-refractivity contribution is 0.335. The minimum Gasteiger partial charge on any atom is -0.494 e. The highest BCUT2D eigenvalue weighted by atomic mass is 79.9. The van der Waals surface area contributed by atoms with Crippen LogP contribution >= 0.6 is 31.9 Å². The van der Waals surface area contributed by atoms with Crippen molar-refractivity contribution in [1.29, 1.82) is 0 Å². The summed E-state index contributed by atoms with van der Waals surface area (Å²) in [4.78, 5) is 18.3. The van der Waals surface area contributed by atoms with Gasteiger partial charge in [-0.05, 0) is 87.0 Å². The van der Waals surface area contributed by atoms with Gasteiger partial charge in [-0.3, -0.25) is 4.79 Å². The molecule has 4 aromatic rings. The number of nitrogens with zero attached hydrogens (tertiary/aromatic N) is 3. The van der Waals surface area contributed by atoms with Crippen LogP contribution in [-0.2, 0) is 0 Å². The van der Waals surface area contributed by atoms with Gasteiger partial charge in [-0.2, -0.15) is 9.78 Å². The topological polar surface area (TPSA) is 69.6 Å². The fourth-order valence-electron chi connectivity index (χ4n) is 3.62. The van der Waals surface area contributed by atoms with Gasteiger partial charge in [-0.1, -0.05) is 26.0 Å². The number of hydrogen-bond donors (Lipinski definition) is 0. The van der Waals surface area contributed by atoms with E-state index >= 15 is 0 Å². The van der Waals surface area contributed by atoms with Gasteiger partial charge in [-0.15, -0.1) is 0 Å². The third-order valence-corrected chi connectivity index (χ3v) is 6.95. The molecular weight excluding hydrogens is 550 g/mol. The average molecular weight is 573 g/mol. The van der Waals surface area contributed by atoms with Crippen LogP contribution < -0.4 is 10.3 Å². The van der Waals surface area contributed by atoms with Crippen molar-refractivity contribution in [3.05, 3.63) is 78.8 Å². The summed E-state index contributed by atoms with van der Waals surface area (Å²) >= 11 is 6.72. The minimum atomic E-state index is -0.254. The van der Waals surface area contributed by atoms with E-state index in [1.54, 1.807) is 12.1 Å². The molecule has 0 fully saturated rings. The van der Waals surface area contributed by atoms with Crippen LogP contribution in [0, 0.1) is 6.92 Å². The lowest BCUT2D eigenvalue weighted by Crippen LogP contribution is -2.20. The minimum absolute atomic E-state index is 0.229. The third kappa shape index (κ3) is 4.68. The summed E-state index contributed by atoms with van der Waals surface area (Å²) in [5.41, 5.74) is 3.18. The largest absolute Gasteiger partial charge is 0.494 e. The van der Waals surface area contributed by atoms with Crippen LogP contribution in [0.2, 0.25) is 0 Å². The molecule has 0 N–H and O–H groups in total. The summed E-state index contributed by atoms with van der Waals surface area (Å²) in [6.07, 6.45) is 1.50. The van der Waals surface area contributed by atoms with E-state index in [4.69, 9.17) is 14.1 Å². The van der Waals surface area contributed by atoms with Gasteiger partial charge in [0.1, 0.15) is 11.5 Å². The van der Waals surface area contributed by atoms with Crippen molar-refractivity contribution in [2.24, 2.45) is 5.10 Å². The summed E-state index contributed by atoms with van der Waals surface area (Å²) in [7, 11) is 0. The molecule has 6 nitrogen and oxygen atoms in total. The zero-order chi connectivity index (χ0) is 23.7. The van der Waals surface area contributed by atoms with Gasteiger partial charge in [0.05, 0.1) is 28.2 Å². The number of benzene rings is 2. The molecule has 8 heteroatoms. The Kier molecular flexibility index (Phi) is 6.86. The van der Waals surface area contributed by atoms with Crippen molar-refractivity contribution in [3.8, 4) is 17.1 Å². The van der Waals surface area contributed by atoms with Gasteiger partial charge in [-0.25, -0.2) is 4.98 Å². The predicted octanol–water partition coefficient (Wildman–Crippen LogP) is 6.89. The lowest BCUT2D eigenvalue weighted by Gasteiger charge is -2.18. The number of rotatable bonds is 6. The molecule has 170 valence electrons. The van der Waals surface area contributed by atoms with Crippen molar-refractivity contribution < 1.29 is 9.15 Å². The summed E-state index contributed by atoms with van der Waals surface area (Å²) in [6.45, 7) is 8.76. The van der Waals surface area contributed by atoms with E-state index in [1.807, 2.05) is 44.2 Å². The van der Waals surface area contributed by atoms with E-state index in [0.29, 0.717) is 33.8 Å². The maximum atomic E-state index is 13.5. The Morgan fingerprint density at radius 3 is 2.64 bits per heavy atom. The Labute approximate surface area is 208 Å². The number of fused-ring (bicyclic) bond motifs is 1. The lowest BCUT2D eigenvalue weighted by atomic mass is 9.96. The molecule has 0 spiro atoms. The van der Waals surface area contributed by atoms with E-state index in [2.05, 4.69) is 50.8 Å². The van der Waals surface area contributed by atoms with Crippen LogP contribution in [0.25, 0.3) is 22.3 Å². The Morgan fingerprint density at radius 1 is 1.21 bits per heavy atom. The number of aromatic nitrogens is 2. The number of para-hydroxylation sites is 1. The number of hydrogen-bond acceptors (Lipinski definition) is 5. The Bertz CT molecular complexity index is 1400. The SMILES string of the molecule is CCOc1cc(C)c(-c2nc3ccccc3c(=O)n2N=Cc2cc(Br)c(Br)o2)cc1C(C)C. The molecule has 0 bridgehead atoms. The monoisotopic (exact) mass is 571 g/mol. The first-order valence-electron chi connectivity index (χ1n) is 10.6. The number of halogens is 2. The van der Waals surface area contributed by atoms with Crippen molar-refractivity contribution in [2.45, 2.75) is 33.6 Å². The molecule has 0 atom stereocenters. The second-order valence-corrected chi connectivity index (χ2v) is 9.45. The molecule has 2 aromatic heterocycles. The summed E-state index contributed by atoms with van der Waals surface area (Å²) < 4.78 is 14.1. The van der Waals surface area contributed by atoms with Crippen molar-refractivity contribution >= 4 is 49.0 Å². The molecule has 0 saturated carbocycles. The summed E-state index contributed by atoms with van der Waals surface area (Å²) in [6, 6.07) is 13.1. The van der Waals surface area contributed by atoms with E-state index in [0.717, 1.165) is 26.9 Å². The summed E-state index contributed by atoms with van der Waals surface area (Å²) in [5.74, 6) is 2.03. The van der Waals surface area contributed by atoms with E-state index in [-0.39, 0.29) is 11.5 Å². The van der Waals surface area contributed by atoms with Gasteiger partial charge in [0.15, 0.2) is 10.5 Å². The highest BCUT2D eigenvalue weighted by Crippen LogP contribution is 2.34. The van der Waals surface area contributed by atoms with Crippen molar-refractivity contribution in [1.82, 2.24) is 9.66 Å². The Hall–Kier alpha value is -2.71. The van der Waals surface area contributed by atoms with Crippen molar-refractivity contribution in [2.75, 3.05) is 6.61 Å². The first-order chi connectivity index (χ1) is 15.8. The Balaban J connectivity index is 1.98. The molecule has 0 radical (unpaired) electrons. The van der Waals surface area contributed by atoms with Gasteiger partial charge < -0.3 is 9.15 Å². The van der Waals surface area contributed by atoms with Crippen LogP contribution in [0.5, 0.6) is 5.75 Å². The van der Waals surface area contributed by atoms with E-state index in [1.165, 1.54) is 10.9 Å². The molecular formula is C25H23Br2N3O3. The zero-order valence-corrected chi connectivity index (χ0v) is 21.9. The number of ether oxygens (including phenoxy) is 1. The van der Waals surface area contributed by atoms with Crippen LogP contribution in [0.4, 0.5) is 0 Å². The van der Waals surface area contributed by atoms with E-state index in [9.17, 15) is 4.79 Å². The molecule has 2 heterocycles. The highest BCUT2D eigenvalue weighted by molar-refractivity contribution is 9.13. The van der Waals surface area contributed by atoms with Gasteiger partial charge >= 0.3 is 0 Å². The van der Waals surface area contributed by atoms with Gasteiger partial charge in [0, 0.05) is 11.6 Å². The van der Waals surface area contributed by atoms with Crippen LogP contribution in [0.3, 0.4) is 0 Å². The fourth-order valence-corrected chi connectivity index (χ4v) is 4.23. The maximum absolute atomic E-state index is 13.5. The first-order valence-corrected chi connectivity index (χ1v) is 12.2. The number of aryl methyl sites for hydroxylation is 1. The van der Waals surface area contributed by atoms with E-state index < -0.39 is 0 Å². The zero-order valence-electron chi connectivity index (χ0n) is 18.7. The first kappa shape index (κ1) is 23.4. The van der Waals surface area contributed by atoms with Crippen LogP contribution in [0.1, 0.15) is 43.6 Å². The molecule has 0 saturated heterocycles. The van der Waals surface area contributed by atoms with Gasteiger partial charge in [0.2, 0.25) is 0 Å². The molecule has 0 amide bonds. The molecule has 0 aliphatic carbocycles. The van der Waals surface area contributed by atoms with Crippen LogP contribution in [0.15, 0.2) is 65.9 Å². The smallest absolute Gasteiger partial charge is 0.282 e. The maximum Gasteiger partial charge on any atom is 0.282 e. The molecule has 0 unspecified atom stereocenters. The molecule has 0 aliphatic rings. The summed E-state index contributed by atoms with van der Waals surface area (Å²) in [5, 5.41) is 4.97. The third-order valence-electron chi connectivity index (χ3n) is 5.24. The van der Waals surface area contributed by atoms with Crippen LogP contribution in [-0.4, -0.2) is 22.5 Å². The quantitative estimate of drug-likeness (QED) is 0.236. The predicted molar refractivity (Wildman–Crippen MR) is 139 cm³/mol. The second kappa shape index (κ2) is 9.65.